The van der Waals surface area contributed by atoms with Gasteiger partial charge in [0, 0.05) is 24.9 Å². The standard InChI is InChI=1S/C20H27N5O/c1-24(2)17(14-7-4-3-5-8-14)20(26)25-12-6-9-16(13-25)19-21-18(22-23-19)15-10-11-15/h3-5,7-8,15-17H,6,9-13H2,1-2H3,(H,21,22,23). The van der Waals surface area contributed by atoms with Gasteiger partial charge in [-0.25, -0.2) is 4.98 Å². The number of rotatable bonds is 5. The maximum atomic E-state index is 13.3. The summed E-state index contributed by atoms with van der Waals surface area (Å²) in [6.45, 7) is 1.52. The zero-order chi connectivity index (χ0) is 18.1. The summed E-state index contributed by atoms with van der Waals surface area (Å²) in [5.74, 6) is 2.89. The topological polar surface area (TPSA) is 65.1 Å². The Morgan fingerprint density at radius 2 is 1.96 bits per heavy atom. The fourth-order valence-corrected chi connectivity index (χ4v) is 3.87. The van der Waals surface area contributed by atoms with Crippen LogP contribution in [0, 0.1) is 0 Å². The fraction of sp³-hybridized carbons (Fsp3) is 0.550. The number of aromatic nitrogens is 3. The van der Waals surface area contributed by atoms with Crippen LogP contribution in [-0.2, 0) is 4.79 Å². The van der Waals surface area contributed by atoms with E-state index in [2.05, 4.69) is 10.2 Å². The lowest BCUT2D eigenvalue weighted by molar-refractivity contribution is -0.137. The van der Waals surface area contributed by atoms with Crippen LogP contribution >= 0.6 is 0 Å². The molecule has 1 aromatic carbocycles. The number of aromatic amines is 1. The van der Waals surface area contributed by atoms with Gasteiger partial charge in [0.1, 0.15) is 11.9 Å². The van der Waals surface area contributed by atoms with Crippen LogP contribution in [-0.4, -0.2) is 58.1 Å². The lowest BCUT2D eigenvalue weighted by Gasteiger charge is -2.36. The van der Waals surface area contributed by atoms with Gasteiger partial charge < -0.3 is 4.90 Å². The Hall–Kier alpha value is -2.21. The average molecular weight is 353 g/mol. The molecule has 0 bridgehead atoms. The lowest BCUT2D eigenvalue weighted by atomic mass is 9.95. The van der Waals surface area contributed by atoms with Crippen molar-refractivity contribution in [3.8, 4) is 0 Å². The molecule has 26 heavy (non-hydrogen) atoms. The molecule has 1 N–H and O–H groups in total. The normalized spacial score (nSPS) is 21.8. The molecule has 1 aliphatic heterocycles. The Morgan fingerprint density at radius 1 is 1.19 bits per heavy atom. The summed E-state index contributed by atoms with van der Waals surface area (Å²) < 4.78 is 0. The molecule has 4 rings (SSSR count). The van der Waals surface area contributed by atoms with Gasteiger partial charge in [-0.2, -0.15) is 5.10 Å². The number of likely N-dealkylation sites (tertiary alicyclic amines) is 1. The highest BCUT2D eigenvalue weighted by molar-refractivity contribution is 5.83. The van der Waals surface area contributed by atoms with E-state index in [-0.39, 0.29) is 17.9 Å². The third-order valence-corrected chi connectivity index (χ3v) is 5.45. The first-order valence-electron chi connectivity index (χ1n) is 9.56. The minimum atomic E-state index is -0.246. The number of likely N-dealkylation sites (N-methyl/N-ethyl adjacent to an activating group) is 1. The van der Waals surface area contributed by atoms with Crippen LogP contribution in [0.5, 0.6) is 0 Å². The van der Waals surface area contributed by atoms with Gasteiger partial charge in [-0.1, -0.05) is 30.3 Å². The second-order valence-electron chi connectivity index (χ2n) is 7.75. The van der Waals surface area contributed by atoms with Crippen molar-refractivity contribution >= 4 is 5.91 Å². The maximum Gasteiger partial charge on any atom is 0.244 e. The van der Waals surface area contributed by atoms with E-state index in [9.17, 15) is 4.79 Å². The second kappa shape index (κ2) is 7.19. The first kappa shape index (κ1) is 17.2. The van der Waals surface area contributed by atoms with Crippen LogP contribution in [0.3, 0.4) is 0 Å². The number of amides is 1. The van der Waals surface area contributed by atoms with Crippen LogP contribution in [0.1, 0.15) is 60.8 Å². The quantitative estimate of drug-likeness (QED) is 0.898. The summed E-state index contributed by atoms with van der Waals surface area (Å²) in [5, 5.41) is 7.55. The van der Waals surface area contributed by atoms with Crippen molar-refractivity contribution in [1.29, 1.82) is 0 Å². The molecule has 2 aliphatic rings. The summed E-state index contributed by atoms with van der Waals surface area (Å²) in [4.78, 5) is 22.0. The van der Waals surface area contributed by atoms with E-state index in [1.807, 2.05) is 54.2 Å². The van der Waals surface area contributed by atoms with Crippen molar-refractivity contribution in [2.24, 2.45) is 0 Å². The number of piperidine rings is 1. The summed E-state index contributed by atoms with van der Waals surface area (Å²) in [7, 11) is 3.93. The Kier molecular flexibility index (Phi) is 4.76. The number of carbonyl (C=O) groups is 1. The number of benzene rings is 1. The maximum absolute atomic E-state index is 13.3. The minimum absolute atomic E-state index is 0.170. The number of carbonyl (C=O) groups excluding carboxylic acids is 1. The Labute approximate surface area is 154 Å². The van der Waals surface area contributed by atoms with E-state index >= 15 is 0 Å². The Balaban J connectivity index is 1.49. The van der Waals surface area contributed by atoms with Crippen molar-refractivity contribution < 1.29 is 4.79 Å². The van der Waals surface area contributed by atoms with E-state index in [1.165, 1.54) is 12.8 Å². The third kappa shape index (κ3) is 3.51. The molecule has 1 aliphatic carbocycles. The van der Waals surface area contributed by atoms with E-state index < -0.39 is 0 Å². The summed E-state index contributed by atoms with van der Waals surface area (Å²) in [5.41, 5.74) is 1.04. The monoisotopic (exact) mass is 353 g/mol. The zero-order valence-corrected chi connectivity index (χ0v) is 15.6. The molecular weight excluding hydrogens is 326 g/mol. The number of hydrogen-bond acceptors (Lipinski definition) is 4. The fourth-order valence-electron chi connectivity index (χ4n) is 3.87. The SMILES string of the molecule is CN(C)C(C(=O)N1CCCC(c2n[nH]c(C3CC3)n2)C1)c1ccccc1. The van der Waals surface area contributed by atoms with Gasteiger partial charge >= 0.3 is 0 Å². The molecule has 2 unspecified atom stereocenters. The van der Waals surface area contributed by atoms with Gasteiger partial charge in [-0.05, 0) is 45.3 Å². The molecule has 1 saturated heterocycles. The predicted molar refractivity (Wildman–Crippen MR) is 99.8 cm³/mol. The van der Waals surface area contributed by atoms with Gasteiger partial charge in [0.15, 0.2) is 5.82 Å². The van der Waals surface area contributed by atoms with E-state index in [0.29, 0.717) is 12.5 Å². The van der Waals surface area contributed by atoms with Crippen LogP contribution in [0.15, 0.2) is 30.3 Å². The van der Waals surface area contributed by atoms with Crippen LogP contribution in [0.2, 0.25) is 0 Å². The lowest BCUT2D eigenvalue weighted by Crippen LogP contribution is -2.45. The summed E-state index contributed by atoms with van der Waals surface area (Å²) in [6.07, 6.45) is 4.47. The molecule has 6 nitrogen and oxygen atoms in total. The smallest absolute Gasteiger partial charge is 0.244 e. The van der Waals surface area contributed by atoms with Crippen molar-refractivity contribution in [3.63, 3.8) is 0 Å². The van der Waals surface area contributed by atoms with Crippen LogP contribution < -0.4 is 0 Å². The van der Waals surface area contributed by atoms with Gasteiger partial charge in [0.25, 0.3) is 0 Å². The molecule has 1 saturated carbocycles. The van der Waals surface area contributed by atoms with Crippen molar-refractivity contribution in [1.82, 2.24) is 25.0 Å². The van der Waals surface area contributed by atoms with Gasteiger partial charge in [-0.15, -0.1) is 0 Å². The summed E-state index contributed by atoms with van der Waals surface area (Å²) in [6, 6.07) is 9.78. The summed E-state index contributed by atoms with van der Waals surface area (Å²) >= 11 is 0. The van der Waals surface area contributed by atoms with E-state index in [0.717, 1.165) is 36.6 Å². The number of H-pyrrole nitrogens is 1. The highest BCUT2D eigenvalue weighted by atomic mass is 16.2. The van der Waals surface area contributed by atoms with Crippen molar-refractivity contribution in [2.45, 2.75) is 43.6 Å². The highest BCUT2D eigenvalue weighted by Gasteiger charge is 2.34. The minimum Gasteiger partial charge on any atom is -0.340 e. The van der Waals surface area contributed by atoms with Crippen LogP contribution in [0.4, 0.5) is 0 Å². The Bertz CT molecular complexity index is 753. The molecule has 2 heterocycles. The predicted octanol–water partition coefficient (Wildman–Crippen LogP) is 2.69. The molecule has 2 aromatic rings. The molecule has 0 spiro atoms. The second-order valence-corrected chi connectivity index (χ2v) is 7.75. The average Bonchev–Trinajstić information content (AvgIpc) is 3.39. The largest absolute Gasteiger partial charge is 0.340 e. The molecule has 2 atom stereocenters. The zero-order valence-electron chi connectivity index (χ0n) is 15.6. The first-order valence-corrected chi connectivity index (χ1v) is 9.56. The third-order valence-electron chi connectivity index (χ3n) is 5.45. The molecule has 6 heteroatoms. The molecule has 138 valence electrons. The van der Waals surface area contributed by atoms with Gasteiger partial charge in [-0.3, -0.25) is 14.8 Å². The first-order chi connectivity index (χ1) is 12.6. The molecule has 0 radical (unpaired) electrons. The van der Waals surface area contributed by atoms with E-state index in [1.54, 1.807) is 0 Å². The Morgan fingerprint density at radius 3 is 2.65 bits per heavy atom. The number of nitrogens with one attached hydrogen (secondary N) is 1. The van der Waals surface area contributed by atoms with E-state index in [4.69, 9.17) is 4.98 Å². The van der Waals surface area contributed by atoms with Crippen LogP contribution in [0.25, 0.3) is 0 Å². The van der Waals surface area contributed by atoms with Gasteiger partial charge in [0.2, 0.25) is 5.91 Å². The highest BCUT2D eigenvalue weighted by Crippen LogP contribution is 2.38. The molecular formula is C20H27N5O. The molecule has 2 fully saturated rings. The number of hydrogen-bond donors (Lipinski definition) is 1. The van der Waals surface area contributed by atoms with Gasteiger partial charge in [0.05, 0.1) is 0 Å². The molecule has 1 amide bonds. The number of nitrogens with zero attached hydrogens (tertiary/aromatic N) is 4. The van der Waals surface area contributed by atoms with Crippen molar-refractivity contribution in [3.05, 3.63) is 47.5 Å². The molecule has 1 aromatic heterocycles. The van der Waals surface area contributed by atoms with Crippen molar-refractivity contribution in [2.75, 3.05) is 27.2 Å².